The maximum Gasteiger partial charge on any atom is 0.416 e. The van der Waals surface area contributed by atoms with Crippen LogP contribution in [0.1, 0.15) is 29.8 Å². The molecule has 0 aliphatic rings. The predicted octanol–water partition coefficient (Wildman–Crippen LogP) is 5.96. The zero-order valence-corrected chi connectivity index (χ0v) is 17.4. The second-order valence-electron chi connectivity index (χ2n) is 5.80. The number of thioether (sulfide) groups is 1. The highest BCUT2D eigenvalue weighted by molar-refractivity contribution is 9.10. The maximum atomic E-state index is 13.0. The van der Waals surface area contributed by atoms with E-state index in [0.29, 0.717) is 16.8 Å². The van der Waals surface area contributed by atoms with Crippen LogP contribution < -0.4 is 16.6 Å². The van der Waals surface area contributed by atoms with Crippen molar-refractivity contribution in [3.8, 4) is 0 Å². The molecule has 0 aromatic heterocycles. The lowest BCUT2D eigenvalue weighted by Gasteiger charge is -2.16. The number of nitrogens with two attached hydrogens (primary N) is 1. The summed E-state index contributed by atoms with van der Waals surface area (Å²) >= 11 is 10.5. The fourth-order valence-electron chi connectivity index (χ4n) is 2.12. The van der Waals surface area contributed by atoms with Crippen molar-refractivity contribution in [2.75, 3.05) is 11.2 Å². The Morgan fingerprint density at radius 3 is 2.52 bits per heavy atom. The molecule has 4 N–H and O–H groups in total. The lowest BCUT2D eigenvalue weighted by molar-refractivity contribution is -0.137. The van der Waals surface area contributed by atoms with E-state index in [1.54, 1.807) is 18.2 Å². The van der Waals surface area contributed by atoms with Crippen molar-refractivity contribution in [2.24, 2.45) is 0 Å². The Morgan fingerprint density at radius 2 is 1.93 bits per heavy atom. The molecule has 2 aromatic rings. The van der Waals surface area contributed by atoms with Gasteiger partial charge in [-0.1, -0.05) is 25.4 Å². The molecule has 1 amide bonds. The summed E-state index contributed by atoms with van der Waals surface area (Å²) in [7, 11) is 0. The Morgan fingerprint density at radius 1 is 1.26 bits per heavy atom. The molecule has 2 rings (SSSR count). The Balaban J connectivity index is 2.27. The highest BCUT2D eigenvalue weighted by Crippen LogP contribution is 2.35. The number of carbonyl (C=O) groups is 1. The first kappa shape index (κ1) is 21.7. The standard InChI is InChI=1S/C17H16BrClF3N3OS/c1-8(2)27-14-4-3-10(19)7-13(14)24-25-16(26)11-5-9(17(20,21)22)6-12(18)15(11)23/h3-8,24H,23H2,1-2H3,(H,25,26). The smallest absolute Gasteiger partial charge is 0.397 e. The average Bonchev–Trinajstić information content (AvgIpc) is 2.55. The highest BCUT2D eigenvalue weighted by Gasteiger charge is 2.32. The maximum absolute atomic E-state index is 13.0. The van der Waals surface area contributed by atoms with Crippen LogP contribution in [0.25, 0.3) is 0 Å². The third-order valence-corrected chi connectivity index (χ3v) is 5.29. The van der Waals surface area contributed by atoms with Gasteiger partial charge in [-0.05, 0) is 46.3 Å². The van der Waals surface area contributed by atoms with E-state index < -0.39 is 17.6 Å². The fourth-order valence-corrected chi connectivity index (χ4v) is 3.64. The van der Waals surface area contributed by atoms with E-state index in [1.165, 1.54) is 11.8 Å². The Kier molecular flexibility index (Phi) is 6.93. The van der Waals surface area contributed by atoms with Gasteiger partial charge >= 0.3 is 6.18 Å². The minimum atomic E-state index is -4.60. The van der Waals surface area contributed by atoms with Gasteiger partial charge in [0.15, 0.2) is 0 Å². The highest BCUT2D eigenvalue weighted by atomic mass is 79.9. The third kappa shape index (κ3) is 5.70. The molecule has 146 valence electrons. The number of anilines is 2. The summed E-state index contributed by atoms with van der Waals surface area (Å²) in [5, 5.41) is 0.721. The number of nitrogens with one attached hydrogen (secondary N) is 2. The van der Waals surface area contributed by atoms with E-state index in [9.17, 15) is 18.0 Å². The van der Waals surface area contributed by atoms with Crippen molar-refractivity contribution in [3.63, 3.8) is 0 Å². The number of halogens is 5. The molecule has 0 aliphatic carbocycles. The summed E-state index contributed by atoms with van der Waals surface area (Å²) in [4.78, 5) is 13.2. The number of hydrazine groups is 1. The SMILES string of the molecule is CC(C)Sc1ccc(Cl)cc1NNC(=O)c1cc(C(F)(F)F)cc(Br)c1N. The molecule has 0 bridgehead atoms. The van der Waals surface area contributed by atoms with Crippen molar-refractivity contribution < 1.29 is 18.0 Å². The van der Waals surface area contributed by atoms with Crippen LogP contribution in [0, 0.1) is 0 Å². The zero-order chi connectivity index (χ0) is 20.4. The first-order valence-electron chi connectivity index (χ1n) is 7.67. The minimum absolute atomic E-state index is 0.0127. The number of hydrogen-bond donors (Lipinski definition) is 3. The van der Waals surface area contributed by atoms with Gasteiger partial charge < -0.3 is 5.73 Å². The first-order chi connectivity index (χ1) is 12.5. The van der Waals surface area contributed by atoms with Crippen LogP contribution in [0.3, 0.4) is 0 Å². The largest absolute Gasteiger partial charge is 0.416 e. The van der Waals surface area contributed by atoms with E-state index in [4.69, 9.17) is 17.3 Å². The molecule has 4 nitrogen and oxygen atoms in total. The van der Waals surface area contributed by atoms with Crippen LogP contribution in [0.4, 0.5) is 24.5 Å². The molecule has 0 spiro atoms. The Hall–Kier alpha value is -1.58. The molecule has 0 fully saturated rings. The number of carbonyl (C=O) groups excluding carboxylic acids is 1. The van der Waals surface area contributed by atoms with Gasteiger partial charge in [-0.15, -0.1) is 11.8 Å². The van der Waals surface area contributed by atoms with Gasteiger partial charge in [0.05, 0.1) is 22.5 Å². The Labute approximate surface area is 172 Å². The van der Waals surface area contributed by atoms with Crippen molar-refractivity contribution in [2.45, 2.75) is 30.2 Å². The van der Waals surface area contributed by atoms with Crippen molar-refractivity contribution >= 4 is 56.6 Å². The van der Waals surface area contributed by atoms with Crippen molar-refractivity contribution in [3.05, 3.63) is 51.0 Å². The molecule has 0 saturated heterocycles. The Bertz CT molecular complexity index is 862. The van der Waals surface area contributed by atoms with E-state index in [2.05, 4.69) is 26.8 Å². The van der Waals surface area contributed by atoms with Crippen LogP contribution in [0.15, 0.2) is 39.7 Å². The average molecular weight is 483 g/mol. The lowest BCUT2D eigenvalue weighted by atomic mass is 10.1. The van der Waals surface area contributed by atoms with Gasteiger partial charge in [0.2, 0.25) is 0 Å². The van der Waals surface area contributed by atoms with Crippen LogP contribution in [0.5, 0.6) is 0 Å². The fraction of sp³-hybridized carbons (Fsp3) is 0.235. The van der Waals surface area contributed by atoms with E-state index in [1.807, 2.05) is 13.8 Å². The van der Waals surface area contributed by atoms with Crippen LogP contribution >= 0.6 is 39.3 Å². The second-order valence-corrected chi connectivity index (χ2v) is 8.71. The third-order valence-electron chi connectivity index (χ3n) is 3.32. The summed E-state index contributed by atoms with van der Waals surface area (Å²) in [6, 6.07) is 6.64. The van der Waals surface area contributed by atoms with Crippen molar-refractivity contribution in [1.29, 1.82) is 0 Å². The molecule has 27 heavy (non-hydrogen) atoms. The van der Waals surface area contributed by atoms with Gasteiger partial charge in [-0.3, -0.25) is 15.6 Å². The van der Waals surface area contributed by atoms with E-state index >= 15 is 0 Å². The molecule has 0 heterocycles. The van der Waals surface area contributed by atoms with Crippen molar-refractivity contribution in [1.82, 2.24) is 5.43 Å². The van der Waals surface area contributed by atoms with E-state index in [0.717, 1.165) is 11.0 Å². The molecule has 0 atom stereocenters. The van der Waals surface area contributed by atoms with Gasteiger partial charge in [-0.25, -0.2) is 0 Å². The molecule has 0 unspecified atom stereocenters. The minimum Gasteiger partial charge on any atom is -0.397 e. The molecular weight excluding hydrogens is 467 g/mol. The summed E-state index contributed by atoms with van der Waals surface area (Å²) in [6.45, 7) is 4.00. The number of rotatable bonds is 5. The number of amides is 1. The molecule has 0 saturated carbocycles. The first-order valence-corrected chi connectivity index (χ1v) is 9.73. The normalized spacial score (nSPS) is 11.6. The lowest BCUT2D eigenvalue weighted by Crippen LogP contribution is -2.30. The topological polar surface area (TPSA) is 67.1 Å². The zero-order valence-electron chi connectivity index (χ0n) is 14.2. The number of alkyl halides is 3. The summed E-state index contributed by atoms with van der Waals surface area (Å²) < 4.78 is 38.9. The summed E-state index contributed by atoms with van der Waals surface area (Å²) in [5.41, 5.74) is 9.99. The van der Waals surface area contributed by atoms with Crippen LogP contribution in [-0.4, -0.2) is 11.2 Å². The monoisotopic (exact) mass is 481 g/mol. The number of nitrogen functional groups attached to an aromatic ring is 1. The van der Waals surface area contributed by atoms with Crippen LogP contribution in [0.2, 0.25) is 5.02 Å². The van der Waals surface area contributed by atoms with Gasteiger partial charge in [0, 0.05) is 19.6 Å². The van der Waals surface area contributed by atoms with Gasteiger partial charge in [0.25, 0.3) is 5.91 Å². The van der Waals surface area contributed by atoms with Crippen LogP contribution in [-0.2, 0) is 6.18 Å². The molecular formula is C17H16BrClF3N3OS. The molecule has 0 radical (unpaired) electrons. The van der Waals surface area contributed by atoms with Gasteiger partial charge in [-0.2, -0.15) is 13.2 Å². The number of benzene rings is 2. The second kappa shape index (κ2) is 8.62. The predicted molar refractivity (Wildman–Crippen MR) is 107 cm³/mol. The molecule has 10 heteroatoms. The number of hydrogen-bond acceptors (Lipinski definition) is 4. The molecule has 0 aliphatic heterocycles. The quantitative estimate of drug-likeness (QED) is 0.279. The summed E-state index contributed by atoms with van der Waals surface area (Å²) in [5.74, 6) is -0.806. The summed E-state index contributed by atoms with van der Waals surface area (Å²) in [6.07, 6.45) is -4.60. The van der Waals surface area contributed by atoms with Gasteiger partial charge in [0.1, 0.15) is 0 Å². The van der Waals surface area contributed by atoms with E-state index in [-0.39, 0.29) is 21.0 Å². The molecule has 2 aromatic carbocycles.